The van der Waals surface area contributed by atoms with Gasteiger partial charge in [0.15, 0.2) is 0 Å². The van der Waals surface area contributed by atoms with E-state index < -0.39 is 0 Å². The van der Waals surface area contributed by atoms with E-state index in [2.05, 4.69) is 107 Å². The summed E-state index contributed by atoms with van der Waals surface area (Å²) in [6.07, 6.45) is 1.89. The molecule has 0 N–H and O–H groups in total. The molecule has 5 aromatic rings. The van der Waals surface area contributed by atoms with E-state index in [0.29, 0.717) is 0 Å². The first-order valence-electron chi connectivity index (χ1n) is 10.4. The maximum Gasteiger partial charge on any atom is 0.0708 e. The van der Waals surface area contributed by atoms with Crippen molar-refractivity contribution >= 4 is 17.1 Å². The van der Waals surface area contributed by atoms with Crippen molar-refractivity contribution in [3.63, 3.8) is 0 Å². The summed E-state index contributed by atoms with van der Waals surface area (Å²) in [5, 5.41) is 0. The van der Waals surface area contributed by atoms with E-state index >= 15 is 0 Å². The summed E-state index contributed by atoms with van der Waals surface area (Å²) in [6, 6.07) is 44.1. The van der Waals surface area contributed by atoms with E-state index in [-0.39, 0.29) is 0 Å². The average Bonchev–Trinajstić information content (AvgIpc) is 2.86. The Morgan fingerprint density at radius 1 is 0.419 bits per heavy atom. The molecule has 1 heterocycles. The zero-order valence-corrected chi connectivity index (χ0v) is 17.1. The van der Waals surface area contributed by atoms with Gasteiger partial charge in [0, 0.05) is 28.8 Å². The molecular formula is C29H22N2. The van der Waals surface area contributed by atoms with Crippen LogP contribution in [0.1, 0.15) is 0 Å². The summed E-state index contributed by atoms with van der Waals surface area (Å²) in [7, 11) is 0. The van der Waals surface area contributed by atoms with Crippen LogP contribution >= 0.6 is 0 Å². The van der Waals surface area contributed by atoms with E-state index in [0.717, 1.165) is 39.4 Å². The fraction of sp³-hybridized carbons (Fsp3) is 0. The van der Waals surface area contributed by atoms with E-state index in [1.807, 2.05) is 36.5 Å². The van der Waals surface area contributed by atoms with Crippen LogP contribution in [-0.2, 0) is 0 Å². The van der Waals surface area contributed by atoms with Gasteiger partial charge in [-0.25, -0.2) is 0 Å². The highest BCUT2D eigenvalue weighted by Gasteiger charge is 2.13. The molecule has 0 fully saturated rings. The van der Waals surface area contributed by atoms with Gasteiger partial charge in [0.2, 0.25) is 0 Å². The number of rotatable bonds is 5. The highest BCUT2D eigenvalue weighted by Crippen LogP contribution is 2.36. The maximum atomic E-state index is 4.58. The molecule has 0 saturated heterocycles. The van der Waals surface area contributed by atoms with E-state index in [9.17, 15) is 0 Å². The Labute approximate surface area is 183 Å². The van der Waals surface area contributed by atoms with Crippen LogP contribution < -0.4 is 4.90 Å². The first-order valence-corrected chi connectivity index (χ1v) is 10.4. The monoisotopic (exact) mass is 398 g/mol. The molecule has 0 amide bonds. The van der Waals surface area contributed by atoms with Gasteiger partial charge in [0.1, 0.15) is 0 Å². The van der Waals surface area contributed by atoms with Crippen LogP contribution in [0, 0.1) is 0 Å². The summed E-state index contributed by atoms with van der Waals surface area (Å²) in [6.45, 7) is 0. The smallest absolute Gasteiger partial charge is 0.0708 e. The fourth-order valence-electron chi connectivity index (χ4n) is 3.80. The predicted molar refractivity (Wildman–Crippen MR) is 130 cm³/mol. The largest absolute Gasteiger partial charge is 0.310 e. The lowest BCUT2D eigenvalue weighted by Gasteiger charge is -2.26. The molecule has 0 aliphatic heterocycles. The Morgan fingerprint density at radius 2 is 0.935 bits per heavy atom. The summed E-state index contributed by atoms with van der Waals surface area (Å²) >= 11 is 0. The Hall–Kier alpha value is -4.17. The molecule has 31 heavy (non-hydrogen) atoms. The number of pyridine rings is 1. The minimum Gasteiger partial charge on any atom is -0.310 e. The van der Waals surface area contributed by atoms with Crippen molar-refractivity contribution in [2.24, 2.45) is 0 Å². The Morgan fingerprint density at radius 3 is 1.58 bits per heavy atom. The molecule has 0 spiro atoms. The second-order valence-electron chi connectivity index (χ2n) is 7.35. The number of anilines is 3. The lowest BCUT2D eigenvalue weighted by molar-refractivity contribution is 1.28. The number of hydrogen-bond donors (Lipinski definition) is 0. The molecule has 4 aromatic carbocycles. The minimum absolute atomic E-state index is 0.978. The topological polar surface area (TPSA) is 16.1 Å². The van der Waals surface area contributed by atoms with Gasteiger partial charge in [-0.1, -0.05) is 78.9 Å². The quantitative estimate of drug-likeness (QED) is 0.299. The number of hydrogen-bond acceptors (Lipinski definition) is 2. The standard InChI is InChI=1S/C29H22N2/c1-4-11-23(12-5-1)29-22-25(19-20-30-29)24-13-10-18-28(21-24)31(26-14-6-2-7-15-26)27-16-8-3-9-17-27/h1-22H. The third kappa shape index (κ3) is 4.10. The summed E-state index contributed by atoms with van der Waals surface area (Å²) < 4.78 is 0. The summed E-state index contributed by atoms with van der Waals surface area (Å²) in [5.41, 5.74) is 7.79. The summed E-state index contributed by atoms with van der Waals surface area (Å²) in [4.78, 5) is 6.86. The van der Waals surface area contributed by atoms with Crippen LogP contribution in [-0.4, -0.2) is 4.98 Å². The SMILES string of the molecule is c1ccc(-c2cc(-c3cccc(N(c4ccccc4)c4ccccc4)c3)ccn2)cc1. The minimum atomic E-state index is 0.978. The molecule has 0 radical (unpaired) electrons. The van der Waals surface area contributed by atoms with Crippen molar-refractivity contribution in [2.75, 3.05) is 4.90 Å². The van der Waals surface area contributed by atoms with Gasteiger partial charge in [-0.05, 0) is 59.7 Å². The van der Waals surface area contributed by atoms with E-state index in [1.165, 1.54) is 0 Å². The van der Waals surface area contributed by atoms with Gasteiger partial charge in [-0.2, -0.15) is 0 Å². The van der Waals surface area contributed by atoms with Gasteiger partial charge in [0.05, 0.1) is 5.69 Å². The molecule has 0 saturated carbocycles. The van der Waals surface area contributed by atoms with E-state index in [1.54, 1.807) is 0 Å². The molecule has 0 unspecified atom stereocenters. The van der Waals surface area contributed by atoms with Crippen molar-refractivity contribution in [1.29, 1.82) is 0 Å². The van der Waals surface area contributed by atoms with Crippen molar-refractivity contribution in [3.8, 4) is 22.4 Å². The van der Waals surface area contributed by atoms with Gasteiger partial charge < -0.3 is 4.90 Å². The van der Waals surface area contributed by atoms with Crippen molar-refractivity contribution in [3.05, 3.63) is 134 Å². The molecule has 5 rings (SSSR count). The lowest BCUT2D eigenvalue weighted by atomic mass is 10.0. The number of benzene rings is 4. The van der Waals surface area contributed by atoms with Gasteiger partial charge in [-0.15, -0.1) is 0 Å². The maximum absolute atomic E-state index is 4.58. The van der Waals surface area contributed by atoms with Gasteiger partial charge in [0.25, 0.3) is 0 Å². The van der Waals surface area contributed by atoms with Gasteiger partial charge in [-0.3, -0.25) is 4.98 Å². The third-order valence-corrected chi connectivity index (χ3v) is 5.30. The molecule has 0 bridgehead atoms. The van der Waals surface area contributed by atoms with Crippen LogP contribution in [0.15, 0.2) is 134 Å². The molecule has 0 atom stereocenters. The third-order valence-electron chi connectivity index (χ3n) is 5.30. The highest BCUT2D eigenvalue weighted by atomic mass is 15.1. The second kappa shape index (κ2) is 8.68. The fourth-order valence-corrected chi connectivity index (χ4v) is 3.80. The van der Waals surface area contributed by atoms with Crippen LogP contribution in [0.2, 0.25) is 0 Å². The van der Waals surface area contributed by atoms with E-state index in [4.69, 9.17) is 0 Å². The second-order valence-corrected chi connectivity index (χ2v) is 7.35. The van der Waals surface area contributed by atoms with Crippen molar-refractivity contribution in [1.82, 2.24) is 4.98 Å². The number of aromatic nitrogens is 1. The predicted octanol–water partition coefficient (Wildman–Crippen LogP) is 7.89. The molecule has 2 nitrogen and oxygen atoms in total. The highest BCUT2D eigenvalue weighted by molar-refractivity contribution is 5.80. The lowest BCUT2D eigenvalue weighted by Crippen LogP contribution is -2.09. The average molecular weight is 399 g/mol. The summed E-state index contributed by atoms with van der Waals surface area (Å²) in [5.74, 6) is 0. The normalized spacial score (nSPS) is 10.6. The van der Waals surface area contributed by atoms with Crippen LogP contribution in [0.3, 0.4) is 0 Å². The van der Waals surface area contributed by atoms with Crippen LogP contribution in [0.25, 0.3) is 22.4 Å². The Balaban J connectivity index is 1.58. The zero-order valence-electron chi connectivity index (χ0n) is 17.1. The number of para-hydroxylation sites is 2. The first kappa shape index (κ1) is 18.8. The Bertz CT molecular complexity index is 1230. The van der Waals surface area contributed by atoms with Crippen LogP contribution in [0.4, 0.5) is 17.1 Å². The molecule has 0 aliphatic rings. The number of nitrogens with zero attached hydrogens (tertiary/aromatic N) is 2. The molecule has 148 valence electrons. The molecule has 0 aliphatic carbocycles. The first-order chi connectivity index (χ1) is 15.4. The van der Waals surface area contributed by atoms with Crippen molar-refractivity contribution < 1.29 is 0 Å². The van der Waals surface area contributed by atoms with Crippen molar-refractivity contribution in [2.45, 2.75) is 0 Å². The zero-order chi connectivity index (χ0) is 20.9. The molecule has 1 aromatic heterocycles. The molecule has 2 heteroatoms. The molecular weight excluding hydrogens is 376 g/mol. The van der Waals surface area contributed by atoms with Crippen LogP contribution in [0.5, 0.6) is 0 Å². The Kier molecular flexibility index (Phi) is 5.27. The van der Waals surface area contributed by atoms with Gasteiger partial charge >= 0.3 is 0 Å².